The van der Waals surface area contributed by atoms with Crippen molar-refractivity contribution in [1.82, 2.24) is 0 Å². The number of benzene rings is 2. The van der Waals surface area contributed by atoms with Crippen LogP contribution in [0.25, 0.3) is 0 Å². The van der Waals surface area contributed by atoms with E-state index in [1.807, 2.05) is 0 Å². The normalized spacial score (nSPS) is 39.9. The van der Waals surface area contributed by atoms with E-state index in [1.54, 1.807) is 39.6 Å². The highest BCUT2D eigenvalue weighted by Crippen LogP contribution is 2.64. The largest absolute Gasteiger partial charge is 0.497 e. The summed E-state index contributed by atoms with van der Waals surface area (Å²) >= 11 is 0. The van der Waals surface area contributed by atoms with Gasteiger partial charge in [0.15, 0.2) is 0 Å². The molecule has 2 N–H and O–H groups in total. The van der Waals surface area contributed by atoms with E-state index in [4.69, 9.17) is 18.9 Å². The Balaban J connectivity index is 0.000000157. The van der Waals surface area contributed by atoms with Gasteiger partial charge in [-0.05, 0) is 159 Å². The van der Waals surface area contributed by atoms with E-state index in [1.165, 1.54) is 49.7 Å². The van der Waals surface area contributed by atoms with Crippen molar-refractivity contribution >= 4 is 0 Å². The van der Waals surface area contributed by atoms with E-state index in [0.717, 1.165) is 62.9 Å². The van der Waals surface area contributed by atoms with Crippen molar-refractivity contribution in [1.29, 1.82) is 0 Å². The summed E-state index contributed by atoms with van der Waals surface area (Å²) in [5, 5.41) is 22.9. The molecule has 50 heavy (non-hydrogen) atoms. The van der Waals surface area contributed by atoms with Gasteiger partial charge in [0.05, 0.1) is 38.6 Å². The van der Waals surface area contributed by atoms with Gasteiger partial charge in [-0.15, -0.1) is 0 Å². The molecule has 2 unspecified atom stereocenters. The second kappa shape index (κ2) is 14.0. The molecular weight excluding hydrogens is 624 g/mol. The SMILES string of the molecule is COC[C@@]1(O)CCC[C@H]2[C@@H]3CCc4cc(OC)ccc4C3CC[C@@]21C.COC[C@]1(O)CCC[C@H]2[C@@H]3CCc4cc(OC)ccc4C3CC[C@@]21C. The molecular formula is C44H64O6. The summed E-state index contributed by atoms with van der Waals surface area (Å²) in [6.07, 6.45) is 15.9. The quantitative estimate of drug-likeness (QED) is 0.317. The van der Waals surface area contributed by atoms with E-state index >= 15 is 0 Å². The Kier molecular flexibility index (Phi) is 10.2. The fourth-order valence-electron chi connectivity index (χ4n) is 13.0. The molecule has 0 radical (unpaired) electrons. The number of rotatable bonds is 6. The van der Waals surface area contributed by atoms with Gasteiger partial charge in [-0.2, -0.15) is 0 Å². The molecule has 8 rings (SSSR count). The number of methoxy groups -OCH3 is 4. The number of hydrogen-bond donors (Lipinski definition) is 2. The van der Waals surface area contributed by atoms with Crippen molar-refractivity contribution in [3.8, 4) is 11.5 Å². The lowest BCUT2D eigenvalue weighted by Gasteiger charge is -2.60. The van der Waals surface area contributed by atoms with Crippen LogP contribution in [0.4, 0.5) is 0 Å². The minimum absolute atomic E-state index is 0.00754. The lowest BCUT2D eigenvalue weighted by atomic mass is 9.46. The highest BCUT2D eigenvalue weighted by molar-refractivity contribution is 5.42. The van der Waals surface area contributed by atoms with E-state index in [2.05, 4.69) is 50.2 Å². The minimum Gasteiger partial charge on any atom is -0.497 e. The van der Waals surface area contributed by atoms with Gasteiger partial charge in [-0.3, -0.25) is 0 Å². The van der Waals surface area contributed by atoms with Crippen molar-refractivity contribution < 1.29 is 29.2 Å². The molecule has 0 aliphatic heterocycles. The molecule has 0 aromatic heterocycles. The molecule has 0 bridgehead atoms. The van der Waals surface area contributed by atoms with Crippen LogP contribution in [0.3, 0.4) is 0 Å². The standard InChI is InChI=1S/2C22H32O3/c2*1-21-12-10-18-17-9-7-16(25-3)13-15(17)6-8-19(18)20(21)5-4-11-22(21,23)14-24-2/h2*7,9,13,18-20,23H,4-6,8,10-12,14H2,1-3H3/t18?,19-,20+,21+,22+;18?,19-,20+,21+,22-/m11/s1. The molecule has 6 aliphatic rings. The molecule has 6 heteroatoms. The fraction of sp³-hybridized carbons (Fsp3) is 0.727. The van der Waals surface area contributed by atoms with Crippen molar-refractivity contribution in [2.24, 2.45) is 34.5 Å². The van der Waals surface area contributed by atoms with Crippen LogP contribution in [0.2, 0.25) is 0 Å². The number of hydrogen-bond acceptors (Lipinski definition) is 6. The summed E-state index contributed by atoms with van der Waals surface area (Å²) < 4.78 is 21.8. The minimum atomic E-state index is -0.657. The Morgan fingerprint density at radius 2 is 1.00 bits per heavy atom. The van der Waals surface area contributed by atoms with E-state index in [-0.39, 0.29) is 10.8 Å². The van der Waals surface area contributed by atoms with Gasteiger partial charge >= 0.3 is 0 Å². The summed E-state index contributed by atoms with van der Waals surface area (Å²) in [5.74, 6) is 5.86. The summed E-state index contributed by atoms with van der Waals surface area (Å²) in [5.41, 5.74) is 4.71. The molecule has 2 aromatic carbocycles. The van der Waals surface area contributed by atoms with E-state index in [9.17, 15) is 10.2 Å². The summed E-state index contributed by atoms with van der Waals surface area (Å²) in [6, 6.07) is 13.3. The second-order valence-electron chi connectivity index (χ2n) is 17.6. The van der Waals surface area contributed by atoms with Crippen molar-refractivity contribution in [3.63, 3.8) is 0 Å². The first-order chi connectivity index (χ1) is 24.0. The summed E-state index contributed by atoms with van der Waals surface area (Å²) in [7, 11) is 6.94. The zero-order valence-electron chi connectivity index (χ0n) is 31.8. The van der Waals surface area contributed by atoms with Crippen LogP contribution < -0.4 is 9.47 Å². The first kappa shape index (κ1) is 36.2. The molecule has 0 amide bonds. The highest BCUT2D eigenvalue weighted by Gasteiger charge is 2.60. The third kappa shape index (κ3) is 5.83. The monoisotopic (exact) mass is 688 g/mol. The van der Waals surface area contributed by atoms with E-state index < -0.39 is 11.2 Å². The molecule has 276 valence electrons. The lowest BCUT2D eigenvalue weighted by molar-refractivity contribution is -0.194. The van der Waals surface area contributed by atoms with Crippen molar-refractivity contribution in [2.75, 3.05) is 41.7 Å². The van der Waals surface area contributed by atoms with E-state index in [0.29, 0.717) is 48.7 Å². The zero-order valence-corrected chi connectivity index (χ0v) is 31.8. The molecule has 4 saturated carbocycles. The van der Waals surface area contributed by atoms with Crippen LogP contribution in [0.15, 0.2) is 36.4 Å². The van der Waals surface area contributed by atoms with Gasteiger partial charge in [-0.25, -0.2) is 0 Å². The van der Waals surface area contributed by atoms with Crippen LogP contribution in [0.5, 0.6) is 11.5 Å². The first-order valence-corrected chi connectivity index (χ1v) is 19.8. The van der Waals surface area contributed by atoms with Gasteiger partial charge in [0, 0.05) is 25.0 Å². The molecule has 6 nitrogen and oxygen atoms in total. The predicted molar refractivity (Wildman–Crippen MR) is 198 cm³/mol. The van der Waals surface area contributed by atoms with Crippen LogP contribution in [-0.2, 0) is 22.3 Å². The van der Waals surface area contributed by atoms with Crippen LogP contribution in [0.1, 0.15) is 125 Å². The third-order valence-corrected chi connectivity index (χ3v) is 15.8. The van der Waals surface area contributed by atoms with Gasteiger partial charge in [-0.1, -0.05) is 38.8 Å². The Morgan fingerprint density at radius 1 is 0.580 bits per heavy atom. The first-order valence-electron chi connectivity index (χ1n) is 19.8. The van der Waals surface area contributed by atoms with Gasteiger partial charge in [0.2, 0.25) is 0 Å². The maximum Gasteiger partial charge on any atom is 0.119 e. The average Bonchev–Trinajstić information content (AvgIpc) is 3.12. The molecule has 0 heterocycles. The number of aryl methyl sites for hydroxylation is 2. The fourth-order valence-corrected chi connectivity index (χ4v) is 13.0. The molecule has 10 atom stereocenters. The maximum atomic E-state index is 11.4. The predicted octanol–water partition coefficient (Wildman–Crippen LogP) is 8.64. The van der Waals surface area contributed by atoms with Crippen molar-refractivity contribution in [3.05, 3.63) is 58.7 Å². The van der Waals surface area contributed by atoms with Gasteiger partial charge < -0.3 is 29.2 Å². The molecule has 2 aromatic rings. The highest BCUT2D eigenvalue weighted by atomic mass is 16.5. The smallest absolute Gasteiger partial charge is 0.119 e. The van der Waals surface area contributed by atoms with Crippen molar-refractivity contribution in [2.45, 2.75) is 127 Å². The Bertz CT molecular complexity index is 1390. The molecule has 4 fully saturated rings. The Morgan fingerprint density at radius 3 is 1.38 bits per heavy atom. The molecule has 0 saturated heterocycles. The third-order valence-electron chi connectivity index (χ3n) is 15.8. The van der Waals surface area contributed by atoms with Gasteiger partial charge in [0.1, 0.15) is 11.5 Å². The number of ether oxygens (including phenoxy) is 4. The molecule has 0 spiro atoms. The van der Waals surface area contributed by atoms with Crippen LogP contribution >= 0.6 is 0 Å². The molecule has 6 aliphatic carbocycles. The maximum absolute atomic E-state index is 11.4. The average molecular weight is 689 g/mol. The Labute approximate surface area is 301 Å². The lowest BCUT2D eigenvalue weighted by Crippen LogP contribution is -2.60. The zero-order chi connectivity index (χ0) is 35.3. The van der Waals surface area contributed by atoms with Crippen LogP contribution in [0, 0.1) is 34.5 Å². The van der Waals surface area contributed by atoms with Crippen LogP contribution in [-0.4, -0.2) is 63.1 Å². The summed E-state index contributed by atoms with van der Waals surface area (Å²) in [4.78, 5) is 0. The Hall–Kier alpha value is -2.12. The second-order valence-corrected chi connectivity index (χ2v) is 17.6. The van der Waals surface area contributed by atoms with Gasteiger partial charge in [0.25, 0.3) is 0 Å². The topological polar surface area (TPSA) is 77.4 Å². The summed E-state index contributed by atoms with van der Waals surface area (Å²) in [6.45, 7) is 5.64. The number of fused-ring (bicyclic) bond motifs is 10. The number of aliphatic hydroxyl groups is 2.